The zero-order valence-corrected chi connectivity index (χ0v) is 12.8. The van der Waals surface area contributed by atoms with E-state index in [1.807, 2.05) is 0 Å². The minimum Gasteiger partial charge on any atom is -0.493 e. The molecule has 1 fully saturated rings. The number of methoxy groups -OCH3 is 3. The molecule has 1 aliphatic heterocycles. The number of carbonyl (C=O) groups excluding carboxylic acids is 1. The van der Waals surface area contributed by atoms with Crippen molar-refractivity contribution in [3.8, 4) is 17.2 Å². The molecule has 116 valence electrons. The normalized spacial score (nSPS) is 19.6. The van der Waals surface area contributed by atoms with E-state index in [1.165, 1.54) is 21.3 Å². The van der Waals surface area contributed by atoms with E-state index in [0.29, 0.717) is 35.8 Å². The Morgan fingerprint density at radius 1 is 1.19 bits per heavy atom. The average Bonchev–Trinajstić information content (AvgIpc) is 2.84. The lowest BCUT2D eigenvalue weighted by molar-refractivity contribution is -0.126. The second-order valence-corrected chi connectivity index (χ2v) is 5.14. The zero-order chi connectivity index (χ0) is 15.6. The molecule has 1 heterocycles. The van der Waals surface area contributed by atoms with Crippen LogP contribution in [0.25, 0.3) is 0 Å². The standard InChI is InChI=1S/C15H21NO5/c1-16-8-10(7-13(16)17)14(18)9-5-11(19-2)15(21-4)12(6-9)20-3/h5-6,10,14,18H,7-8H2,1-4H3. The van der Waals surface area contributed by atoms with Gasteiger partial charge in [-0.05, 0) is 17.7 Å². The van der Waals surface area contributed by atoms with Gasteiger partial charge in [0.2, 0.25) is 11.7 Å². The number of aliphatic hydroxyl groups is 1. The molecule has 0 aliphatic carbocycles. The summed E-state index contributed by atoms with van der Waals surface area (Å²) in [6.45, 7) is 0.538. The number of carbonyl (C=O) groups is 1. The first kappa shape index (κ1) is 15.4. The van der Waals surface area contributed by atoms with Gasteiger partial charge in [-0.15, -0.1) is 0 Å². The van der Waals surface area contributed by atoms with Crippen molar-refractivity contribution >= 4 is 5.91 Å². The van der Waals surface area contributed by atoms with Gasteiger partial charge in [-0.3, -0.25) is 4.79 Å². The van der Waals surface area contributed by atoms with Crippen molar-refractivity contribution in [1.82, 2.24) is 4.90 Å². The number of ether oxygens (including phenoxy) is 3. The third-order valence-corrected chi connectivity index (χ3v) is 3.85. The summed E-state index contributed by atoms with van der Waals surface area (Å²) in [6.07, 6.45) is -0.415. The molecule has 21 heavy (non-hydrogen) atoms. The van der Waals surface area contributed by atoms with Crippen LogP contribution in [0.1, 0.15) is 18.1 Å². The molecule has 1 aromatic carbocycles. The maximum absolute atomic E-state index is 11.6. The molecule has 2 rings (SSSR count). The monoisotopic (exact) mass is 295 g/mol. The summed E-state index contributed by atoms with van der Waals surface area (Å²) in [4.78, 5) is 13.2. The van der Waals surface area contributed by atoms with Crippen molar-refractivity contribution in [3.63, 3.8) is 0 Å². The lowest BCUT2D eigenvalue weighted by Gasteiger charge is -2.20. The van der Waals surface area contributed by atoms with E-state index in [4.69, 9.17) is 14.2 Å². The summed E-state index contributed by atoms with van der Waals surface area (Å²) in [5.74, 6) is 1.37. The molecule has 0 spiro atoms. The largest absolute Gasteiger partial charge is 0.493 e. The third kappa shape index (κ3) is 2.90. The van der Waals surface area contributed by atoms with E-state index in [9.17, 15) is 9.90 Å². The van der Waals surface area contributed by atoms with Crippen LogP contribution >= 0.6 is 0 Å². The van der Waals surface area contributed by atoms with Crippen molar-refractivity contribution in [2.24, 2.45) is 5.92 Å². The molecule has 0 radical (unpaired) electrons. The van der Waals surface area contributed by atoms with Gasteiger partial charge >= 0.3 is 0 Å². The number of aliphatic hydroxyl groups excluding tert-OH is 1. The summed E-state index contributed by atoms with van der Waals surface area (Å²) in [5.41, 5.74) is 0.651. The number of rotatable bonds is 5. The Morgan fingerprint density at radius 3 is 2.14 bits per heavy atom. The highest BCUT2D eigenvalue weighted by atomic mass is 16.5. The Labute approximate surface area is 124 Å². The van der Waals surface area contributed by atoms with Gasteiger partial charge in [0.1, 0.15) is 0 Å². The van der Waals surface area contributed by atoms with Crippen LogP contribution in [0.3, 0.4) is 0 Å². The third-order valence-electron chi connectivity index (χ3n) is 3.85. The second-order valence-electron chi connectivity index (χ2n) is 5.14. The maximum atomic E-state index is 11.6. The molecular weight excluding hydrogens is 274 g/mol. The molecule has 2 atom stereocenters. The predicted molar refractivity (Wildman–Crippen MR) is 76.8 cm³/mol. The molecule has 1 N–H and O–H groups in total. The van der Waals surface area contributed by atoms with Crippen LogP contribution in [0.4, 0.5) is 0 Å². The second kappa shape index (κ2) is 6.22. The first-order valence-electron chi connectivity index (χ1n) is 6.73. The average molecular weight is 295 g/mol. The Kier molecular flexibility index (Phi) is 4.57. The van der Waals surface area contributed by atoms with E-state index in [2.05, 4.69) is 0 Å². The van der Waals surface area contributed by atoms with Crippen molar-refractivity contribution in [1.29, 1.82) is 0 Å². The Bertz CT molecular complexity index is 506. The van der Waals surface area contributed by atoms with Crippen LogP contribution in [0, 0.1) is 5.92 Å². The van der Waals surface area contributed by atoms with Crippen LogP contribution in [0.15, 0.2) is 12.1 Å². The first-order valence-corrected chi connectivity index (χ1v) is 6.73. The zero-order valence-electron chi connectivity index (χ0n) is 12.8. The Balaban J connectivity index is 2.33. The highest BCUT2D eigenvalue weighted by Crippen LogP contribution is 2.41. The minimum atomic E-state index is -0.757. The molecule has 1 saturated heterocycles. The fourth-order valence-corrected chi connectivity index (χ4v) is 2.65. The van der Waals surface area contributed by atoms with Crippen molar-refractivity contribution in [2.75, 3.05) is 34.9 Å². The number of likely N-dealkylation sites (tertiary alicyclic amines) is 1. The number of hydrogen-bond donors (Lipinski definition) is 1. The van der Waals surface area contributed by atoms with Gasteiger partial charge in [0.05, 0.1) is 27.4 Å². The van der Waals surface area contributed by atoms with Crippen molar-refractivity contribution in [3.05, 3.63) is 17.7 Å². The lowest BCUT2D eigenvalue weighted by atomic mass is 9.94. The summed E-state index contributed by atoms with van der Waals surface area (Å²) in [6, 6.07) is 3.43. The molecule has 0 bridgehead atoms. The number of benzene rings is 1. The highest BCUT2D eigenvalue weighted by molar-refractivity contribution is 5.78. The molecule has 0 saturated carbocycles. The summed E-state index contributed by atoms with van der Waals surface area (Å²) in [5, 5.41) is 10.5. The van der Waals surface area contributed by atoms with Crippen LogP contribution < -0.4 is 14.2 Å². The molecule has 0 aromatic heterocycles. The van der Waals surface area contributed by atoms with E-state index in [0.717, 1.165) is 0 Å². The molecule has 1 amide bonds. The van der Waals surface area contributed by atoms with Gasteiger partial charge in [-0.2, -0.15) is 0 Å². The van der Waals surface area contributed by atoms with Crippen LogP contribution in [0.2, 0.25) is 0 Å². The van der Waals surface area contributed by atoms with Gasteiger partial charge in [0.25, 0.3) is 0 Å². The highest BCUT2D eigenvalue weighted by Gasteiger charge is 2.33. The van der Waals surface area contributed by atoms with Gasteiger partial charge < -0.3 is 24.2 Å². The summed E-state index contributed by atoms with van der Waals surface area (Å²) < 4.78 is 15.8. The Morgan fingerprint density at radius 2 is 1.76 bits per heavy atom. The quantitative estimate of drug-likeness (QED) is 0.884. The summed E-state index contributed by atoms with van der Waals surface area (Å²) >= 11 is 0. The predicted octanol–water partition coefficient (Wildman–Crippen LogP) is 1.22. The van der Waals surface area contributed by atoms with Crippen molar-refractivity contribution in [2.45, 2.75) is 12.5 Å². The van der Waals surface area contributed by atoms with E-state index in [1.54, 1.807) is 24.1 Å². The van der Waals surface area contributed by atoms with E-state index in [-0.39, 0.29) is 11.8 Å². The number of nitrogens with zero attached hydrogens (tertiary/aromatic N) is 1. The Hall–Kier alpha value is -1.95. The van der Waals surface area contributed by atoms with Gasteiger partial charge in [-0.25, -0.2) is 0 Å². The molecular formula is C15H21NO5. The number of hydrogen-bond acceptors (Lipinski definition) is 5. The van der Waals surface area contributed by atoms with Gasteiger partial charge in [-0.1, -0.05) is 0 Å². The lowest BCUT2D eigenvalue weighted by Crippen LogP contribution is -2.20. The smallest absolute Gasteiger partial charge is 0.222 e. The van der Waals surface area contributed by atoms with E-state index >= 15 is 0 Å². The van der Waals surface area contributed by atoms with Gasteiger partial charge in [0, 0.05) is 25.9 Å². The van der Waals surface area contributed by atoms with Gasteiger partial charge in [0.15, 0.2) is 11.5 Å². The molecule has 1 aliphatic rings. The first-order chi connectivity index (χ1) is 10.0. The molecule has 6 nitrogen and oxygen atoms in total. The van der Waals surface area contributed by atoms with Crippen LogP contribution in [-0.4, -0.2) is 50.8 Å². The maximum Gasteiger partial charge on any atom is 0.222 e. The minimum absolute atomic E-state index is 0.0477. The fraction of sp³-hybridized carbons (Fsp3) is 0.533. The number of amides is 1. The molecule has 1 aromatic rings. The summed E-state index contributed by atoms with van der Waals surface area (Å²) in [7, 11) is 6.33. The van der Waals surface area contributed by atoms with Crippen LogP contribution in [0.5, 0.6) is 17.2 Å². The van der Waals surface area contributed by atoms with Crippen molar-refractivity contribution < 1.29 is 24.1 Å². The topological polar surface area (TPSA) is 68.2 Å². The molecule has 6 heteroatoms. The van der Waals surface area contributed by atoms with Crippen LogP contribution in [-0.2, 0) is 4.79 Å². The van der Waals surface area contributed by atoms with E-state index < -0.39 is 6.10 Å². The molecule has 2 unspecified atom stereocenters. The SMILES string of the molecule is COc1cc(C(O)C2CC(=O)N(C)C2)cc(OC)c1OC. The fourth-order valence-electron chi connectivity index (χ4n) is 2.65.